The quantitative estimate of drug-likeness (QED) is 0.395. The monoisotopic (exact) mass is 413 g/mol. The summed E-state index contributed by atoms with van der Waals surface area (Å²) in [6.07, 6.45) is 2.73. The topological polar surface area (TPSA) is 29.5 Å². The van der Waals surface area contributed by atoms with Gasteiger partial charge in [-0.3, -0.25) is 9.69 Å². The average molecular weight is 414 g/mol. The Morgan fingerprint density at radius 2 is 1.65 bits per heavy atom. The molecule has 1 heterocycles. The minimum absolute atomic E-state index is 0.208. The zero-order chi connectivity index (χ0) is 21.6. The van der Waals surface area contributed by atoms with E-state index < -0.39 is 0 Å². The smallest absolute Gasteiger partial charge is 0.162 e. The van der Waals surface area contributed by atoms with Crippen LogP contribution in [0.4, 0.5) is 0 Å². The van der Waals surface area contributed by atoms with Crippen LogP contribution < -0.4 is 4.74 Å². The molecule has 3 heteroatoms. The van der Waals surface area contributed by atoms with Crippen LogP contribution in [0, 0.1) is 6.92 Å². The summed E-state index contributed by atoms with van der Waals surface area (Å²) in [6, 6.07) is 25.0. The summed E-state index contributed by atoms with van der Waals surface area (Å²) in [4.78, 5) is 15.4. The molecule has 4 rings (SSSR count). The van der Waals surface area contributed by atoms with Crippen molar-refractivity contribution >= 4 is 5.78 Å². The first kappa shape index (κ1) is 21.3. The van der Waals surface area contributed by atoms with Gasteiger partial charge < -0.3 is 4.74 Å². The SMILES string of the molecule is CCC(=O)c1ccc(OCc2ccccc2)c(C)c1[C@@H]1CCCN1Cc1ccccc1. The van der Waals surface area contributed by atoms with Gasteiger partial charge in [-0.1, -0.05) is 67.6 Å². The molecule has 1 aliphatic rings. The largest absolute Gasteiger partial charge is 0.489 e. The van der Waals surface area contributed by atoms with Crippen molar-refractivity contribution in [3.63, 3.8) is 0 Å². The number of rotatable bonds is 8. The maximum atomic E-state index is 12.8. The Bertz CT molecular complexity index is 1010. The lowest BCUT2D eigenvalue weighted by Gasteiger charge is -2.29. The molecule has 0 aromatic heterocycles. The Hall–Kier alpha value is -2.91. The summed E-state index contributed by atoms with van der Waals surface area (Å²) in [5.74, 6) is 1.08. The van der Waals surface area contributed by atoms with Crippen molar-refractivity contribution in [2.75, 3.05) is 6.54 Å². The van der Waals surface area contributed by atoms with Crippen molar-refractivity contribution in [3.8, 4) is 5.75 Å². The number of benzene rings is 3. The van der Waals surface area contributed by atoms with Gasteiger partial charge >= 0.3 is 0 Å². The third-order valence-electron chi connectivity index (χ3n) is 6.25. The summed E-state index contributed by atoms with van der Waals surface area (Å²) in [7, 11) is 0. The Balaban J connectivity index is 1.65. The second kappa shape index (κ2) is 9.93. The number of hydrogen-bond acceptors (Lipinski definition) is 3. The number of carbonyl (C=O) groups excluding carboxylic acids is 1. The molecule has 0 amide bonds. The van der Waals surface area contributed by atoms with E-state index in [1.165, 1.54) is 5.56 Å². The first-order valence-corrected chi connectivity index (χ1v) is 11.3. The van der Waals surface area contributed by atoms with Crippen LogP contribution in [0.5, 0.6) is 5.75 Å². The fourth-order valence-corrected chi connectivity index (χ4v) is 4.62. The summed E-state index contributed by atoms with van der Waals surface area (Å²) in [5, 5.41) is 0. The van der Waals surface area contributed by atoms with Gasteiger partial charge in [0.15, 0.2) is 5.78 Å². The van der Waals surface area contributed by atoms with E-state index in [0.29, 0.717) is 13.0 Å². The van der Waals surface area contributed by atoms with Gasteiger partial charge in [-0.05, 0) is 60.7 Å². The van der Waals surface area contributed by atoms with Gasteiger partial charge in [0.2, 0.25) is 0 Å². The fraction of sp³-hybridized carbons (Fsp3) is 0.321. The number of carbonyl (C=O) groups is 1. The molecule has 0 unspecified atom stereocenters. The normalized spacial score (nSPS) is 16.4. The molecule has 1 aliphatic heterocycles. The lowest BCUT2D eigenvalue weighted by atomic mass is 9.90. The minimum Gasteiger partial charge on any atom is -0.489 e. The summed E-state index contributed by atoms with van der Waals surface area (Å²) in [5.41, 5.74) is 5.57. The van der Waals surface area contributed by atoms with Crippen molar-refractivity contribution in [2.24, 2.45) is 0 Å². The zero-order valence-corrected chi connectivity index (χ0v) is 18.5. The molecule has 0 bridgehead atoms. The van der Waals surface area contributed by atoms with Crippen molar-refractivity contribution in [2.45, 2.75) is 52.3 Å². The van der Waals surface area contributed by atoms with Crippen LogP contribution in [0.3, 0.4) is 0 Å². The number of Topliss-reactive ketones (excluding diaryl/α,β-unsaturated/α-hetero) is 1. The standard InChI is InChI=1S/C28H31NO2/c1-3-26(30)24-16-17-27(31-20-23-13-8-5-9-14-23)21(2)28(24)25-15-10-18-29(25)19-22-11-6-4-7-12-22/h4-9,11-14,16-17,25H,3,10,15,18-20H2,1-2H3/t25-/m0/s1. The van der Waals surface area contributed by atoms with E-state index in [4.69, 9.17) is 4.74 Å². The lowest BCUT2D eigenvalue weighted by molar-refractivity contribution is 0.0984. The van der Waals surface area contributed by atoms with Gasteiger partial charge in [0.25, 0.3) is 0 Å². The van der Waals surface area contributed by atoms with Crippen molar-refractivity contribution in [3.05, 3.63) is 101 Å². The van der Waals surface area contributed by atoms with Crippen LogP contribution in [0.2, 0.25) is 0 Å². The van der Waals surface area contributed by atoms with Crippen molar-refractivity contribution in [1.82, 2.24) is 4.90 Å². The lowest BCUT2D eigenvalue weighted by Crippen LogP contribution is -2.25. The first-order valence-electron chi connectivity index (χ1n) is 11.3. The van der Waals surface area contributed by atoms with Crippen LogP contribution in [-0.4, -0.2) is 17.2 Å². The molecule has 31 heavy (non-hydrogen) atoms. The second-order valence-corrected chi connectivity index (χ2v) is 8.32. The zero-order valence-electron chi connectivity index (χ0n) is 18.5. The number of likely N-dealkylation sites (tertiary alicyclic amines) is 1. The van der Waals surface area contributed by atoms with E-state index in [2.05, 4.69) is 54.3 Å². The van der Waals surface area contributed by atoms with Gasteiger partial charge in [-0.15, -0.1) is 0 Å². The number of ether oxygens (including phenoxy) is 1. The average Bonchev–Trinajstić information content (AvgIpc) is 3.26. The van der Waals surface area contributed by atoms with E-state index in [-0.39, 0.29) is 11.8 Å². The highest BCUT2D eigenvalue weighted by atomic mass is 16.5. The molecule has 3 aromatic carbocycles. The van der Waals surface area contributed by atoms with Crippen LogP contribution in [0.1, 0.15) is 64.8 Å². The molecule has 160 valence electrons. The van der Waals surface area contributed by atoms with Gasteiger partial charge in [0.05, 0.1) is 0 Å². The maximum Gasteiger partial charge on any atom is 0.162 e. The molecule has 0 N–H and O–H groups in total. The second-order valence-electron chi connectivity index (χ2n) is 8.32. The highest BCUT2D eigenvalue weighted by Crippen LogP contribution is 2.40. The maximum absolute atomic E-state index is 12.8. The van der Waals surface area contributed by atoms with Gasteiger partial charge in [0, 0.05) is 24.6 Å². The van der Waals surface area contributed by atoms with Crippen LogP contribution in [-0.2, 0) is 13.2 Å². The number of ketones is 1. The third-order valence-corrected chi connectivity index (χ3v) is 6.25. The van der Waals surface area contributed by atoms with Crippen molar-refractivity contribution < 1.29 is 9.53 Å². The minimum atomic E-state index is 0.208. The van der Waals surface area contributed by atoms with Gasteiger partial charge in [-0.25, -0.2) is 0 Å². The van der Waals surface area contributed by atoms with E-state index in [9.17, 15) is 4.79 Å². The molecule has 1 atom stereocenters. The van der Waals surface area contributed by atoms with E-state index in [0.717, 1.165) is 53.9 Å². The van der Waals surface area contributed by atoms with Gasteiger partial charge in [-0.2, -0.15) is 0 Å². The Morgan fingerprint density at radius 3 is 2.32 bits per heavy atom. The Labute approximate surface area is 185 Å². The molecular formula is C28H31NO2. The number of hydrogen-bond donors (Lipinski definition) is 0. The highest BCUT2D eigenvalue weighted by Gasteiger charge is 2.31. The third kappa shape index (κ3) is 4.88. The summed E-state index contributed by atoms with van der Waals surface area (Å²) >= 11 is 0. The molecule has 0 saturated carbocycles. The first-order chi connectivity index (χ1) is 15.2. The highest BCUT2D eigenvalue weighted by molar-refractivity contribution is 5.98. The number of nitrogens with zero attached hydrogens (tertiary/aromatic N) is 1. The van der Waals surface area contributed by atoms with Gasteiger partial charge in [0.1, 0.15) is 12.4 Å². The molecule has 1 fully saturated rings. The molecule has 0 spiro atoms. The predicted molar refractivity (Wildman–Crippen MR) is 125 cm³/mol. The Morgan fingerprint density at radius 1 is 0.968 bits per heavy atom. The Kier molecular flexibility index (Phi) is 6.83. The van der Waals surface area contributed by atoms with Crippen molar-refractivity contribution in [1.29, 1.82) is 0 Å². The molecule has 0 aliphatic carbocycles. The molecular weight excluding hydrogens is 382 g/mol. The molecule has 1 saturated heterocycles. The predicted octanol–water partition coefficient (Wildman–Crippen LogP) is 6.50. The molecule has 3 aromatic rings. The van der Waals surface area contributed by atoms with Crippen LogP contribution >= 0.6 is 0 Å². The summed E-state index contributed by atoms with van der Waals surface area (Å²) in [6.45, 7) is 6.53. The fourth-order valence-electron chi connectivity index (χ4n) is 4.62. The van der Waals surface area contributed by atoms with E-state index >= 15 is 0 Å². The van der Waals surface area contributed by atoms with E-state index in [1.54, 1.807) is 0 Å². The van der Waals surface area contributed by atoms with E-state index in [1.807, 2.05) is 37.3 Å². The van der Waals surface area contributed by atoms with Crippen LogP contribution in [0.25, 0.3) is 0 Å². The molecule has 0 radical (unpaired) electrons. The summed E-state index contributed by atoms with van der Waals surface area (Å²) < 4.78 is 6.22. The van der Waals surface area contributed by atoms with Crippen LogP contribution in [0.15, 0.2) is 72.8 Å². The molecule has 3 nitrogen and oxygen atoms in total.